The van der Waals surface area contributed by atoms with Gasteiger partial charge in [0.15, 0.2) is 5.13 Å². The van der Waals surface area contributed by atoms with Crippen molar-refractivity contribution in [1.82, 2.24) is 9.88 Å². The first kappa shape index (κ1) is 16.1. The number of anilines is 2. The average Bonchev–Trinajstić information content (AvgIpc) is 3.04. The summed E-state index contributed by atoms with van der Waals surface area (Å²) in [5.41, 5.74) is 5.99. The fourth-order valence-corrected chi connectivity index (χ4v) is 3.86. The Balaban J connectivity index is 2.19. The molecule has 2 N–H and O–H groups in total. The van der Waals surface area contributed by atoms with Crippen molar-refractivity contribution in [2.24, 2.45) is 5.92 Å². The van der Waals surface area contributed by atoms with Crippen LogP contribution in [0.25, 0.3) is 0 Å². The standard InChI is InChI=1S/C15H26N4OS/c1-5-8-18(4)15-17-13(16)12(21-15)14(20)19-9-6-7-11(19)10(2)3/h10-11H,5-9,16H2,1-4H3. The van der Waals surface area contributed by atoms with Gasteiger partial charge in [0.25, 0.3) is 5.91 Å². The fraction of sp³-hybridized carbons (Fsp3) is 0.733. The number of nitrogen functional groups attached to an aromatic ring is 1. The van der Waals surface area contributed by atoms with Crippen LogP contribution in [0.3, 0.4) is 0 Å². The molecule has 0 spiro atoms. The quantitative estimate of drug-likeness (QED) is 0.908. The van der Waals surface area contributed by atoms with Crippen LogP contribution in [0, 0.1) is 5.92 Å². The van der Waals surface area contributed by atoms with Crippen LogP contribution in [-0.4, -0.2) is 42.0 Å². The Morgan fingerprint density at radius 1 is 1.57 bits per heavy atom. The summed E-state index contributed by atoms with van der Waals surface area (Å²) in [5.74, 6) is 0.905. The first-order valence-corrected chi connectivity index (χ1v) is 8.55. The minimum Gasteiger partial charge on any atom is -0.382 e. The predicted octanol–water partition coefficient (Wildman–Crippen LogP) is 2.83. The van der Waals surface area contributed by atoms with Gasteiger partial charge < -0.3 is 15.5 Å². The molecule has 0 bridgehead atoms. The maximum atomic E-state index is 12.8. The van der Waals surface area contributed by atoms with Crippen LogP contribution in [0.4, 0.5) is 10.9 Å². The highest BCUT2D eigenvalue weighted by atomic mass is 32.1. The van der Waals surface area contributed by atoms with E-state index in [4.69, 9.17) is 5.73 Å². The molecule has 1 aromatic heterocycles. The van der Waals surface area contributed by atoms with Crippen LogP contribution < -0.4 is 10.6 Å². The second-order valence-electron chi connectivity index (χ2n) is 6.08. The van der Waals surface area contributed by atoms with Crippen molar-refractivity contribution in [2.45, 2.75) is 46.1 Å². The van der Waals surface area contributed by atoms with Gasteiger partial charge in [-0.05, 0) is 25.2 Å². The van der Waals surface area contributed by atoms with Crippen LogP contribution in [0.2, 0.25) is 0 Å². The van der Waals surface area contributed by atoms with Crippen LogP contribution >= 0.6 is 11.3 Å². The molecule has 1 atom stereocenters. The lowest BCUT2D eigenvalue weighted by Gasteiger charge is -2.27. The molecule has 118 valence electrons. The third kappa shape index (κ3) is 3.31. The van der Waals surface area contributed by atoms with E-state index < -0.39 is 0 Å². The van der Waals surface area contributed by atoms with Gasteiger partial charge in [-0.2, -0.15) is 0 Å². The summed E-state index contributed by atoms with van der Waals surface area (Å²) in [6, 6.07) is 0.329. The number of hydrogen-bond acceptors (Lipinski definition) is 5. The number of amides is 1. The number of thiazole rings is 1. The molecule has 21 heavy (non-hydrogen) atoms. The molecule has 6 heteroatoms. The molecule has 1 saturated heterocycles. The van der Waals surface area contributed by atoms with Gasteiger partial charge in [-0.3, -0.25) is 4.79 Å². The lowest BCUT2D eigenvalue weighted by molar-refractivity contribution is 0.0707. The van der Waals surface area contributed by atoms with Gasteiger partial charge in [0.1, 0.15) is 10.7 Å². The summed E-state index contributed by atoms with van der Waals surface area (Å²) < 4.78 is 0. The van der Waals surface area contributed by atoms with Crippen molar-refractivity contribution < 1.29 is 4.79 Å². The first-order valence-electron chi connectivity index (χ1n) is 7.74. The Morgan fingerprint density at radius 2 is 2.29 bits per heavy atom. The molecule has 1 fully saturated rings. The summed E-state index contributed by atoms with van der Waals surface area (Å²) in [6.07, 6.45) is 3.21. The van der Waals surface area contributed by atoms with Crippen molar-refractivity contribution in [3.05, 3.63) is 4.88 Å². The van der Waals surface area contributed by atoms with Gasteiger partial charge in [-0.25, -0.2) is 4.98 Å². The van der Waals surface area contributed by atoms with Crippen LogP contribution in [-0.2, 0) is 0 Å². The van der Waals surface area contributed by atoms with Gasteiger partial charge in [0.2, 0.25) is 0 Å². The van der Waals surface area contributed by atoms with E-state index in [1.165, 1.54) is 11.3 Å². The van der Waals surface area contributed by atoms with Gasteiger partial charge in [0.05, 0.1) is 0 Å². The molecule has 1 amide bonds. The van der Waals surface area contributed by atoms with E-state index in [1.54, 1.807) is 0 Å². The number of hydrogen-bond donors (Lipinski definition) is 1. The average molecular weight is 310 g/mol. The molecule has 1 unspecified atom stereocenters. The van der Waals surface area contributed by atoms with E-state index in [2.05, 4.69) is 30.7 Å². The maximum absolute atomic E-state index is 12.8. The number of likely N-dealkylation sites (tertiary alicyclic amines) is 1. The van der Waals surface area contributed by atoms with Gasteiger partial charge in [-0.1, -0.05) is 32.1 Å². The lowest BCUT2D eigenvalue weighted by atomic mass is 10.0. The maximum Gasteiger partial charge on any atom is 0.268 e. The van der Waals surface area contributed by atoms with E-state index in [0.717, 1.165) is 37.5 Å². The Hall–Kier alpha value is -1.30. The highest BCUT2D eigenvalue weighted by Crippen LogP contribution is 2.32. The summed E-state index contributed by atoms with van der Waals surface area (Å²) in [7, 11) is 1.99. The highest BCUT2D eigenvalue weighted by molar-refractivity contribution is 7.18. The molecule has 0 aromatic carbocycles. The smallest absolute Gasteiger partial charge is 0.268 e. The Morgan fingerprint density at radius 3 is 2.90 bits per heavy atom. The highest BCUT2D eigenvalue weighted by Gasteiger charge is 2.33. The summed E-state index contributed by atoms with van der Waals surface area (Å²) in [6.45, 7) is 8.22. The summed E-state index contributed by atoms with van der Waals surface area (Å²) in [5, 5.41) is 0.831. The van der Waals surface area contributed by atoms with Crippen molar-refractivity contribution >= 4 is 28.2 Å². The SMILES string of the molecule is CCCN(C)c1nc(N)c(C(=O)N2CCCC2C(C)C)s1. The van der Waals surface area contributed by atoms with Crippen molar-refractivity contribution in [2.75, 3.05) is 30.8 Å². The van der Waals surface area contributed by atoms with Crippen molar-refractivity contribution in [3.8, 4) is 0 Å². The van der Waals surface area contributed by atoms with E-state index in [1.807, 2.05) is 11.9 Å². The fourth-order valence-electron chi connectivity index (χ4n) is 2.94. The molecule has 2 rings (SSSR count). The van der Waals surface area contributed by atoms with Crippen LogP contribution in [0.15, 0.2) is 0 Å². The zero-order valence-electron chi connectivity index (χ0n) is 13.4. The number of aromatic nitrogens is 1. The molecular weight excluding hydrogens is 284 g/mol. The van der Waals surface area contributed by atoms with E-state index in [-0.39, 0.29) is 5.91 Å². The van der Waals surface area contributed by atoms with Crippen LogP contribution in [0.5, 0.6) is 0 Å². The number of rotatable bonds is 5. The predicted molar refractivity (Wildman–Crippen MR) is 89.0 cm³/mol. The monoisotopic (exact) mass is 310 g/mol. The van der Waals surface area contributed by atoms with Gasteiger partial charge in [0, 0.05) is 26.2 Å². The third-order valence-electron chi connectivity index (χ3n) is 4.05. The Bertz CT molecular complexity index is 500. The molecule has 0 aliphatic carbocycles. The molecular formula is C15H26N4OS. The first-order chi connectivity index (χ1) is 9.95. The molecule has 0 radical (unpaired) electrons. The van der Waals surface area contributed by atoms with Crippen LogP contribution in [0.1, 0.15) is 49.7 Å². The number of nitrogens with zero attached hydrogens (tertiary/aromatic N) is 3. The molecule has 5 nitrogen and oxygen atoms in total. The zero-order chi connectivity index (χ0) is 15.6. The Labute approximate surface area is 131 Å². The molecule has 1 aromatic rings. The van der Waals surface area contributed by atoms with E-state index in [0.29, 0.717) is 22.7 Å². The van der Waals surface area contributed by atoms with Gasteiger partial charge in [-0.15, -0.1) is 0 Å². The minimum atomic E-state index is 0.0531. The van der Waals surface area contributed by atoms with E-state index >= 15 is 0 Å². The summed E-state index contributed by atoms with van der Waals surface area (Å²) in [4.78, 5) is 21.8. The zero-order valence-corrected chi connectivity index (χ0v) is 14.2. The second-order valence-corrected chi connectivity index (χ2v) is 7.06. The third-order valence-corrected chi connectivity index (χ3v) is 5.22. The van der Waals surface area contributed by atoms with Crippen molar-refractivity contribution in [3.63, 3.8) is 0 Å². The normalized spacial score (nSPS) is 18.5. The Kier molecular flexibility index (Phi) is 5.08. The molecule has 0 saturated carbocycles. The van der Waals surface area contributed by atoms with Crippen molar-refractivity contribution in [1.29, 1.82) is 0 Å². The van der Waals surface area contributed by atoms with Gasteiger partial charge >= 0.3 is 0 Å². The molecule has 1 aliphatic rings. The molecule has 2 heterocycles. The minimum absolute atomic E-state index is 0.0531. The number of carbonyl (C=O) groups excluding carboxylic acids is 1. The second kappa shape index (κ2) is 6.64. The van der Waals surface area contributed by atoms with E-state index in [9.17, 15) is 4.79 Å². The number of carbonyl (C=O) groups is 1. The molecule has 1 aliphatic heterocycles. The topological polar surface area (TPSA) is 62.5 Å². The lowest BCUT2D eigenvalue weighted by Crippen LogP contribution is -2.38. The summed E-state index contributed by atoms with van der Waals surface area (Å²) >= 11 is 1.41. The number of nitrogens with two attached hydrogens (primary N) is 1. The largest absolute Gasteiger partial charge is 0.382 e.